The molecule has 2 aromatic heterocycles. The first-order valence-electron chi connectivity index (χ1n) is 7.12. The monoisotopic (exact) mass is 259 g/mol. The summed E-state index contributed by atoms with van der Waals surface area (Å²) in [6.07, 6.45) is 3.49. The van der Waals surface area contributed by atoms with Gasteiger partial charge in [-0.1, -0.05) is 6.92 Å². The first kappa shape index (κ1) is 12.4. The van der Waals surface area contributed by atoms with Crippen molar-refractivity contribution in [3.05, 3.63) is 23.5 Å². The SMILES string of the molecule is CCCNc1cc(C)nc2cc(C3CCCN3)nn12. The summed E-state index contributed by atoms with van der Waals surface area (Å²) in [7, 11) is 0. The van der Waals surface area contributed by atoms with Crippen LogP contribution in [0, 0.1) is 6.92 Å². The van der Waals surface area contributed by atoms with Crippen LogP contribution in [0.5, 0.6) is 0 Å². The topological polar surface area (TPSA) is 54.2 Å². The molecule has 5 heteroatoms. The molecule has 5 nitrogen and oxygen atoms in total. The maximum Gasteiger partial charge on any atom is 0.157 e. The molecule has 3 rings (SSSR count). The quantitative estimate of drug-likeness (QED) is 0.884. The number of anilines is 1. The highest BCUT2D eigenvalue weighted by Crippen LogP contribution is 2.24. The molecule has 102 valence electrons. The Morgan fingerprint density at radius 1 is 1.47 bits per heavy atom. The summed E-state index contributed by atoms with van der Waals surface area (Å²) in [4.78, 5) is 4.57. The van der Waals surface area contributed by atoms with Gasteiger partial charge in [0.1, 0.15) is 5.82 Å². The van der Waals surface area contributed by atoms with E-state index in [1.54, 1.807) is 0 Å². The molecule has 0 spiro atoms. The first-order chi connectivity index (χ1) is 9.28. The molecular formula is C14H21N5. The van der Waals surface area contributed by atoms with Crippen LogP contribution in [0.25, 0.3) is 5.65 Å². The van der Waals surface area contributed by atoms with Gasteiger partial charge in [-0.25, -0.2) is 4.98 Å². The summed E-state index contributed by atoms with van der Waals surface area (Å²) in [5.74, 6) is 1.04. The van der Waals surface area contributed by atoms with E-state index in [0.717, 1.165) is 42.4 Å². The van der Waals surface area contributed by atoms with Crippen molar-refractivity contribution < 1.29 is 0 Å². The molecular weight excluding hydrogens is 238 g/mol. The van der Waals surface area contributed by atoms with E-state index in [1.807, 2.05) is 11.4 Å². The molecule has 3 heterocycles. The molecule has 1 atom stereocenters. The fourth-order valence-electron chi connectivity index (χ4n) is 2.60. The molecule has 0 radical (unpaired) electrons. The van der Waals surface area contributed by atoms with Gasteiger partial charge in [-0.3, -0.25) is 0 Å². The number of aromatic nitrogens is 3. The molecule has 1 unspecified atom stereocenters. The molecule has 2 N–H and O–H groups in total. The zero-order valence-electron chi connectivity index (χ0n) is 11.6. The Morgan fingerprint density at radius 3 is 3.11 bits per heavy atom. The fourth-order valence-corrected chi connectivity index (χ4v) is 2.60. The third-order valence-electron chi connectivity index (χ3n) is 3.55. The Balaban J connectivity index is 2.00. The summed E-state index contributed by atoms with van der Waals surface area (Å²) in [5.41, 5.74) is 3.06. The molecule has 0 amide bonds. The van der Waals surface area contributed by atoms with Crippen molar-refractivity contribution >= 4 is 11.5 Å². The van der Waals surface area contributed by atoms with Crippen molar-refractivity contribution in [3.63, 3.8) is 0 Å². The van der Waals surface area contributed by atoms with E-state index in [9.17, 15) is 0 Å². The summed E-state index contributed by atoms with van der Waals surface area (Å²) in [6, 6.07) is 4.55. The largest absolute Gasteiger partial charge is 0.370 e. The second kappa shape index (κ2) is 5.17. The Kier molecular flexibility index (Phi) is 3.38. The third kappa shape index (κ3) is 2.42. The zero-order valence-corrected chi connectivity index (χ0v) is 11.6. The second-order valence-corrected chi connectivity index (χ2v) is 5.20. The van der Waals surface area contributed by atoms with E-state index in [2.05, 4.69) is 34.7 Å². The van der Waals surface area contributed by atoms with Gasteiger partial charge in [-0.05, 0) is 32.7 Å². The summed E-state index contributed by atoms with van der Waals surface area (Å²) in [5, 5.41) is 11.6. The number of nitrogens with zero attached hydrogens (tertiary/aromatic N) is 3. The van der Waals surface area contributed by atoms with Crippen LogP contribution in [0.4, 0.5) is 5.82 Å². The molecule has 0 aromatic carbocycles. The number of fused-ring (bicyclic) bond motifs is 1. The lowest BCUT2D eigenvalue weighted by atomic mass is 10.2. The molecule has 1 aliphatic heterocycles. The Bertz CT molecular complexity index is 568. The minimum absolute atomic E-state index is 0.390. The average molecular weight is 259 g/mol. The lowest BCUT2D eigenvalue weighted by Gasteiger charge is -2.08. The number of hydrogen-bond acceptors (Lipinski definition) is 4. The highest BCUT2D eigenvalue weighted by atomic mass is 15.3. The second-order valence-electron chi connectivity index (χ2n) is 5.20. The van der Waals surface area contributed by atoms with Gasteiger partial charge in [0.25, 0.3) is 0 Å². The molecule has 1 aliphatic rings. The number of aryl methyl sites for hydroxylation is 1. The van der Waals surface area contributed by atoms with Crippen LogP contribution in [0.1, 0.15) is 43.6 Å². The zero-order chi connectivity index (χ0) is 13.2. The lowest BCUT2D eigenvalue weighted by molar-refractivity contribution is 0.620. The third-order valence-corrected chi connectivity index (χ3v) is 3.55. The van der Waals surface area contributed by atoms with E-state index in [0.29, 0.717) is 6.04 Å². The van der Waals surface area contributed by atoms with Crippen LogP contribution in [0.15, 0.2) is 12.1 Å². The maximum atomic E-state index is 4.72. The Morgan fingerprint density at radius 2 is 2.37 bits per heavy atom. The van der Waals surface area contributed by atoms with Crippen LogP contribution in [0.3, 0.4) is 0 Å². The Hall–Kier alpha value is -1.62. The van der Waals surface area contributed by atoms with Gasteiger partial charge in [0.15, 0.2) is 5.65 Å². The summed E-state index contributed by atoms with van der Waals surface area (Å²) in [6.45, 7) is 6.23. The van der Waals surface area contributed by atoms with Gasteiger partial charge in [0.05, 0.1) is 11.7 Å². The minimum Gasteiger partial charge on any atom is -0.370 e. The average Bonchev–Trinajstić information content (AvgIpc) is 3.03. The highest BCUT2D eigenvalue weighted by Gasteiger charge is 2.20. The van der Waals surface area contributed by atoms with Crippen molar-refractivity contribution in [1.82, 2.24) is 19.9 Å². The molecule has 1 saturated heterocycles. The van der Waals surface area contributed by atoms with Gasteiger partial charge in [-0.15, -0.1) is 0 Å². The lowest BCUT2D eigenvalue weighted by Crippen LogP contribution is -2.13. The number of nitrogens with one attached hydrogen (secondary N) is 2. The van der Waals surface area contributed by atoms with Crippen LogP contribution < -0.4 is 10.6 Å². The van der Waals surface area contributed by atoms with Crippen LogP contribution in [0.2, 0.25) is 0 Å². The van der Waals surface area contributed by atoms with Crippen molar-refractivity contribution in [2.75, 3.05) is 18.4 Å². The highest BCUT2D eigenvalue weighted by molar-refractivity contribution is 5.50. The van der Waals surface area contributed by atoms with Crippen LogP contribution in [-0.4, -0.2) is 27.7 Å². The number of hydrogen-bond donors (Lipinski definition) is 2. The normalized spacial score (nSPS) is 19.2. The van der Waals surface area contributed by atoms with E-state index in [4.69, 9.17) is 5.10 Å². The number of rotatable bonds is 4. The Labute approximate surface area is 113 Å². The van der Waals surface area contributed by atoms with Gasteiger partial charge >= 0.3 is 0 Å². The molecule has 0 aliphatic carbocycles. The van der Waals surface area contributed by atoms with Crippen molar-refractivity contribution in [2.45, 2.75) is 39.2 Å². The minimum atomic E-state index is 0.390. The first-order valence-corrected chi connectivity index (χ1v) is 7.12. The van der Waals surface area contributed by atoms with Crippen LogP contribution >= 0.6 is 0 Å². The molecule has 0 bridgehead atoms. The van der Waals surface area contributed by atoms with E-state index >= 15 is 0 Å². The fraction of sp³-hybridized carbons (Fsp3) is 0.571. The van der Waals surface area contributed by atoms with Gasteiger partial charge in [0.2, 0.25) is 0 Å². The standard InChI is InChI=1S/C14H21N5/c1-3-6-16-13-8-10(2)17-14-9-12(18-19(13)14)11-5-4-7-15-11/h8-9,11,15-16H,3-7H2,1-2H3. The smallest absolute Gasteiger partial charge is 0.157 e. The van der Waals surface area contributed by atoms with E-state index in [1.165, 1.54) is 12.8 Å². The predicted octanol–water partition coefficient (Wildman–Crippen LogP) is 2.28. The summed E-state index contributed by atoms with van der Waals surface area (Å²) >= 11 is 0. The van der Waals surface area contributed by atoms with Crippen molar-refractivity contribution in [2.24, 2.45) is 0 Å². The van der Waals surface area contributed by atoms with Crippen molar-refractivity contribution in [3.8, 4) is 0 Å². The van der Waals surface area contributed by atoms with Crippen LogP contribution in [-0.2, 0) is 0 Å². The van der Waals surface area contributed by atoms with E-state index < -0.39 is 0 Å². The molecule has 19 heavy (non-hydrogen) atoms. The van der Waals surface area contributed by atoms with Gasteiger partial charge in [-0.2, -0.15) is 9.61 Å². The van der Waals surface area contributed by atoms with Gasteiger partial charge in [0, 0.05) is 24.4 Å². The summed E-state index contributed by atoms with van der Waals surface area (Å²) < 4.78 is 1.93. The maximum absolute atomic E-state index is 4.72. The molecule has 1 fully saturated rings. The van der Waals surface area contributed by atoms with E-state index in [-0.39, 0.29) is 0 Å². The van der Waals surface area contributed by atoms with Crippen molar-refractivity contribution in [1.29, 1.82) is 0 Å². The molecule has 0 saturated carbocycles. The van der Waals surface area contributed by atoms with Gasteiger partial charge < -0.3 is 10.6 Å². The molecule has 2 aromatic rings. The predicted molar refractivity (Wildman–Crippen MR) is 76.5 cm³/mol.